The summed E-state index contributed by atoms with van der Waals surface area (Å²) in [5.74, 6) is -0.285. The van der Waals surface area contributed by atoms with Crippen LogP contribution in [-0.4, -0.2) is 17.1 Å². The van der Waals surface area contributed by atoms with Gasteiger partial charge in [-0.25, -0.2) is 4.90 Å². The number of fused-ring (bicyclic) bond motifs is 5. The lowest BCUT2D eigenvalue weighted by molar-refractivity contribution is -0.137. The van der Waals surface area contributed by atoms with Crippen molar-refractivity contribution >= 4 is 106 Å². The van der Waals surface area contributed by atoms with E-state index in [0.717, 1.165) is 105 Å². The van der Waals surface area contributed by atoms with E-state index in [9.17, 15) is 18.0 Å². The van der Waals surface area contributed by atoms with Crippen LogP contribution in [0.25, 0.3) is 50.8 Å². The van der Waals surface area contributed by atoms with Crippen molar-refractivity contribution in [3.63, 3.8) is 0 Å². The van der Waals surface area contributed by atoms with E-state index in [4.69, 9.17) is 0 Å². The molecular weight excluding hydrogens is 1160 g/mol. The Kier molecular flexibility index (Phi) is 18.5. The van der Waals surface area contributed by atoms with Crippen molar-refractivity contribution in [2.24, 2.45) is 11.8 Å². The molecule has 2 aliphatic heterocycles. The van der Waals surface area contributed by atoms with Gasteiger partial charge in [0.05, 0.1) is 22.0 Å². The molecule has 1 saturated heterocycles. The van der Waals surface area contributed by atoms with E-state index in [1.54, 1.807) is 11.3 Å². The number of alkyl halides is 3. The van der Waals surface area contributed by atoms with Crippen LogP contribution >= 0.6 is 68.4 Å². The molecule has 1 fully saturated rings. The smallest absolute Gasteiger partial charge is 0.273 e. The molecule has 0 N–H and O–H groups in total. The van der Waals surface area contributed by atoms with Gasteiger partial charge >= 0.3 is 6.18 Å². The van der Waals surface area contributed by atoms with Gasteiger partial charge in [0.1, 0.15) is 5.25 Å². The van der Waals surface area contributed by atoms with E-state index in [2.05, 4.69) is 146 Å². The van der Waals surface area contributed by atoms with Gasteiger partial charge in [0.25, 0.3) is 0 Å². The first-order chi connectivity index (χ1) is 40.6. The number of imide groups is 1. The SMILES string of the molecule is CCCCC(CC)Cc1ccc(-c2c3cc(C(CC)(CC)c4ccccc4)sc3c(-c3ccc(CC(CC)CCCC)s3)c3cc(-c4sc(C(C)(CCCC)c5ccccc5)c5c4S[C@@H]4C(=O)N(c6ccc(C(F)(F)F)cc6)C(=O)C54)sc23)s1. The zero-order valence-corrected chi connectivity index (χ0v) is 54.7. The van der Waals surface area contributed by atoms with Gasteiger partial charge in [-0.1, -0.05) is 180 Å². The number of amides is 2. The van der Waals surface area contributed by atoms with Gasteiger partial charge in [-0.3, -0.25) is 9.59 Å². The van der Waals surface area contributed by atoms with E-state index in [1.165, 1.54) is 124 Å². The third-order valence-corrected chi connectivity index (χ3v) is 26.6. The molecule has 5 atom stereocenters. The summed E-state index contributed by atoms with van der Waals surface area (Å²) in [6.45, 7) is 18.5. The van der Waals surface area contributed by atoms with E-state index in [-0.39, 0.29) is 22.9 Å². The number of thiophene rings is 5. The second kappa shape index (κ2) is 25.5. The molecule has 0 bridgehead atoms. The minimum Gasteiger partial charge on any atom is -0.273 e. The van der Waals surface area contributed by atoms with Crippen molar-refractivity contribution < 1.29 is 22.8 Å². The molecule has 2 amide bonds. The van der Waals surface area contributed by atoms with Crippen LogP contribution in [-0.2, 0) is 39.4 Å². The molecule has 12 heteroatoms. The zero-order valence-electron chi connectivity index (χ0n) is 49.8. The summed E-state index contributed by atoms with van der Waals surface area (Å²) in [5, 5.41) is 1.79. The Morgan fingerprint density at radius 3 is 1.64 bits per heavy atom. The third-order valence-electron chi connectivity index (χ3n) is 18.7. The Balaban J connectivity index is 1.17. The van der Waals surface area contributed by atoms with Crippen LogP contribution in [0, 0.1) is 11.8 Å². The molecule has 2 aliphatic rings. The number of hydrogen-bond acceptors (Lipinski definition) is 8. The van der Waals surface area contributed by atoms with Gasteiger partial charge in [-0.15, -0.1) is 68.4 Å². The summed E-state index contributed by atoms with van der Waals surface area (Å²) in [6.07, 6.45) is 12.0. The van der Waals surface area contributed by atoms with Crippen molar-refractivity contribution in [2.45, 2.75) is 185 Å². The molecule has 5 aromatic heterocycles. The Morgan fingerprint density at radius 2 is 1.11 bits per heavy atom. The molecule has 4 aromatic carbocycles. The van der Waals surface area contributed by atoms with Crippen molar-refractivity contribution in [3.05, 3.63) is 163 Å². The van der Waals surface area contributed by atoms with Gasteiger partial charge in [-0.05, 0) is 121 Å². The van der Waals surface area contributed by atoms with E-state index >= 15 is 4.79 Å². The second-order valence-corrected chi connectivity index (χ2v) is 30.4. The van der Waals surface area contributed by atoms with Crippen LogP contribution in [0.5, 0.6) is 0 Å². The highest BCUT2D eigenvalue weighted by Gasteiger charge is 2.57. The quantitative estimate of drug-likeness (QED) is 0.0535. The predicted octanol–water partition coefficient (Wildman–Crippen LogP) is 23.6. The first-order valence-electron chi connectivity index (χ1n) is 30.9. The van der Waals surface area contributed by atoms with Crippen LogP contribution in [0.1, 0.15) is 187 Å². The molecule has 4 unspecified atom stereocenters. The number of unbranched alkanes of at least 4 members (excludes halogenated alkanes) is 3. The molecule has 0 saturated carbocycles. The van der Waals surface area contributed by atoms with Crippen molar-refractivity contribution in [1.82, 2.24) is 0 Å². The summed E-state index contributed by atoms with van der Waals surface area (Å²) in [4.78, 5) is 42.5. The number of halogens is 3. The van der Waals surface area contributed by atoms with Gasteiger partial charge in [0.2, 0.25) is 11.8 Å². The fourth-order valence-electron chi connectivity index (χ4n) is 13.6. The van der Waals surface area contributed by atoms with Gasteiger partial charge in [-0.2, -0.15) is 13.2 Å². The van der Waals surface area contributed by atoms with Crippen LogP contribution < -0.4 is 4.90 Å². The first-order valence-corrected chi connectivity index (χ1v) is 35.8. The van der Waals surface area contributed by atoms with E-state index in [0.29, 0.717) is 11.8 Å². The van der Waals surface area contributed by atoms with Crippen LogP contribution in [0.2, 0.25) is 0 Å². The van der Waals surface area contributed by atoms with E-state index < -0.39 is 28.3 Å². The van der Waals surface area contributed by atoms with Gasteiger partial charge in [0, 0.05) is 81.2 Å². The number of carbonyl (C=O) groups is 2. The van der Waals surface area contributed by atoms with Crippen LogP contribution in [0.15, 0.2) is 126 Å². The molecule has 84 heavy (non-hydrogen) atoms. The highest BCUT2D eigenvalue weighted by atomic mass is 32.2. The topological polar surface area (TPSA) is 37.4 Å². The molecular formula is C72H78F3NO2S6. The third kappa shape index (κ3) is 11.2. The fraction of sp³-hybridized carbons (Fsp3) is 0.417. The number of rotatable bonds is 25. The number of thioether (sulfide) groups is 1. The zero-order chi connectivity index (χ0) is 59.1. The first kappa shape index (κ1) is 60.9. The van der Waals surface area contributed by atoms with E-state index in [1.807, 2.05) is 51.4 Å². The summed E-state index contributed by atoms with van der Waals surface area (Å²) in [7, 11) is 0. The molecule has 7 heterocycles. The molecule has 9 aromatic rings. The molecule has 0 spiro atoms. The number of hydrogen-bond donors (Lipinski definition) is 0. The van der Waals surface area contributed by atoms with Crippen molar-refractivity contribution in [1.29, 1.82) is 0 Å². The molecule has 440 valence electrons. The number of carbonyl (C=O) groups excluding carboxylic acids is 2. The highest BCUT2D eigenvalue weighted by Crippen LogP contribution is 2.64. The largest absolute Gasteiger partial charge is 0.416 e. The monoisotopic (exact) mass is 1240 g/mol. The predicted molar refractivity (Wildman–Crippen MR) is 358 cm³/mol. The summed E-state index contributed by atoms with van der Waals surface area (Å²) < 4.78 is 44.1. The lowest BCUT2D eigenvalue weighted by Crippen LogP contribution is -2.32. The van der Waals surface area contributed by atoms with Crippen molar-refractivity contribution in [2.75, 3.05) is 4.90 Å². The van der Waals surface area contributed by atoms with Gasteiger partial charge < -0.3 is 0 Å². The van der Waals surface area contributed by atoms with Gasteiger partial charge in [0.15, 0.2) is 0 Å². The minimum absolute atomic E-state index is 0.167. The molecule has 3 nitrogen and oxygen atoms in total. The summed E-state index contributed by atoms with van der Waals surface area (Å²) >= 11 is 11.1. The Morgan fingerprint density at radius 1 is 0.560 bits per heavy atom. The van der Waals surface area contributed by atoms with Crippen LogP contribution in [0.3, 0.4) is 0 Å². The average molecular weight is 1240 g/mol. The molecule has 0 aliphatic carbocycles. The van der Waals surface area contributed by atoms with Crippen molar-refractivity contribution in [3.8, 4) is 30.6 Å². The lowest BCUT2D eigenvalue weighted by Gasteiger charge is -2.31. The maximum absolute atomic E-state index is 15.3. The normalized spacial score (nSPS) is 17.0. The maximum Gasteiger partial charge on any atom is 0.416 e. The Labute approximate surface area is 520 Å². The number of benzene rings is 4. The average Bonchev–Trinajstić information content (AvgIpc) is 1.79. The lowest BCUT2D eigenvalue weighted by atomic mass is 9.74. The maximum atomic E-state index is 15.3. The Hall–Kier alpha value is -4.82. The van der Waals surface area contributed by atoms with Crippen LogP contribution in [0.4, 0.5) is 18.9 Å². The standard InChI is InChI=1S/C72H78F3NO2S6/c1-9-16-25-44(12-4)40-50-35-37-54(79-50)58-52-42-56(81-62(52)59(55-38-36-51(80-55)41-45(13-5)26-17-10-2)53-43-57(82-63(53)58)71(14-6,15-7)47-29-23-20-24-30-47)64-65-60(67(84-64)70(8,39-18-11-3)46-27-21-19-22-28-46)61-66(83-65)69(78)76(68(61)77)49-33-31-48(32-34-49)72(73,74)75/h19-24,27-38,42-45,61,66H,9-18,25-26,39-41H2,1-8H3/t44?,45?,61?,66-,70?/m0/s1. The second-order valence-electron chi connectivity index (χ2n) is 23.8. The fourth-order valence-corrected chi connectivity index (χ4v) is 22.3. The minimum atomic E-state index is -4.55. The molecule has 11 rings (SSSR count). The summed E-state index contributed by atoms with van der Waals surface area (Å²) in [6, 6.07) is 40.9. The highest BCUT2D eigenvalue weighted by molar-refractivity contribution is 8.01. The Bertz CT molecular complexity index is 3650. The number of nitrogens with zero attached hydrogens (tertiary/aromatic N) is 1. The number of anilines is 1. The molecule has 0 radical (unpaired) electrons. The summed E-state index contributed by atoms with van der Waals surface area (Å²) in [5.41, 5.74) is 4.67.